The Morgan fingerprint density at radius 3 is 2.27 bits per heavy atom. The van der Waals surface area contributed by atoms with Crippen LogP contribution >= 0.6 is 0 Å². The molecule has 8 nitrogen and oxygen atoms in total. The van der Waals surface area contributed by atoms with E-state index in [9.17, 15) is 19.2 Å². The van der Waals surface area contributed by atoms with Gasteiger partial charge in [0, 0.05) is 37.6 Å². The lowest BCUT2D eigenvalue weighted by Crippen LogP contribution is -2.33. The van der Waals surface area contributed by atoms with E-state index in [1.807, 2.05) is 13.8 Å². The number of imide groups is 1. The molecule has 1 aliphatic heterocycles. The van der Waals surface area contributed by atoms with Crippen molar-refractivity contribution in [2.24, 2.45) is 5.92 Å². The molecule has 8 heteroatoms. The number of hydrogen-bond donors (Lipinski definition) is 2. The summed E-state index contributed by atoms with van der Waals surface area (Å²) in [6.45, 7) is 4.97. The molecule has 0 radical (unpaired) electrons. The monoisotopic (exact) mass is 408 g/mol. The Bertz CT molecular complexity index is 972. The predicted octanol–water partition coefficient (Wildman–Crippen LogP) is 1.88. The molecule has 0 saturated heterocycles. The summed E-state index contributed by atoms with van der Waals surface area (Å²) in [5.74, 6) is -1.08. The van der Waals surface area contributed by atoms with Gasteiger partial charge in [0.15, 0.2) is 0 Å². The van der Waals surface area contributed by atoms with Gasteiger partial charge in [-0.2, -0.15) is 0 Å². The van der Waals surface area contributed by atoms with Gasteiger partial charge in [-0.1, -0.05) is 13.8 Å². The number of nitrogens with zero attached hydrogens (tertiary/aromatic N) is 2. The first-order chi connectivity index (χ1) is 14.4. The number of hydrogen-bond acceptors (Lipinski definition) is 5. The molecule has 2 aromatic rings. The van der Waals surface area contributed by atoms with Gasteiger partial charge in [-0.05, 0) is 42.7 Å². The van der Waals surface area contributed by atoms with E-state index in [0.717, 1.165) is 0 Å². The van der Waals surface area contributed by atoms with E-state index >= 15 is 0 Å². The van der Waals surface area contributed by atoms with Crippen LogP contribution in [-0.2, 0) is 0 Å². The van der Waals surface area contributed by atoms with Gasteiger partial charge in [-0.3, -0.25) is 29.1 Å². The molecule has 156 valence electrons. The van der Waals surface area contributed by atoms with Crippen LogP contribution in [-0.4, -0.2) is 53.1 Å². The zero-order valence-corrected chi connectivity index (χ0v) is 17.0. The number of aromatic nitrogens is 1. The SMILES string of the molecule is CC(C)CN1C(=O)c2ccc(C(=O)NCCCNC(=O)c3cccnc3)cc2C1=O. The number of amides is 4. The summed E-state index contributed by atoms with van der Waals surface area (Å²) in [5, 5.41) is 5.52. The second kappa shape index (κ2) is 9.30. The third-order valence-corrected chi connectivity index (χ3v) is 4.63. The smallest absolute Gasteiger partial charge is 0.261 e. The van der Waals surface area contributed by atoms with Crippen molar-refractivity contribution in [3.8, 4) is 0 Å². The number of fused-ring (bicyclic) bond motifs is 1. The molecule has 3 rings (SSSR count). The Kier molecular flexibility index (Phi) is 6.56. The highest BCUT2D eigenvalue weighted by Gasteiger charge is 2.36. The van der Waals surface area contributed by atoms with Crippen LogP contribution < -0.4 is 10.6 Å². The largest absolute Gasteiger partial charge is 0.352 e. The third kappa shape index (κ3) is 4.71. The van der Waals surface area contributed by atoms with Crippen LogP contribution in [0.1, 0.15) is 61.7 Å². The highest BCUT2D eigenvalue weighted by Crippen LogP contribution is 2.24. The molecule has 30 heavy (non-hydrogen) atoms. The Morgan fingerprint density at radius 2 is 1.63 bits per heavy atom. The van der Waals surface area contributed by atoms with E-state index in [-0.39, 0.29) is 35.1 Å². The van der Waals surface area contributed by atoms with Crippen LogP contribution in [0, 0.1) is 5.92 Å². The highest BCUT2D eigenvalue weighted by molar-refractivity contribution is 6.22. The maximum Gasteiger partial charge on any atom is 0.261 e. The Hall–Kier alpha value is -3.55. The molecule has 1 aromatic heterocycles. The number of carbonyl (C=O) groups is 4. The molecular formula is C22H24N4O4. The summed E-state index contributed by atoms with van der Waals surface area (Å²) in [6.07, 6.45) is 3.62. The molecule has 2 N–H and O–H groups in total. The first-order valence-electron chi connectivity index (χ1n) is 9.85. The molecule has 0 unspecified atom stereocenters. The van der Waals surface area contributed by atoms with Gasteiger partial charge in [-0.15, -0.1) is 0 Å². The van der Waals surface area contributed by atoms with Crippen molar-refractivity contribution < 1.29 is 19.2 Å². The summed E-state index contributed by atoms with van der Waals surface area (Å²) in [5.41, 5.74) is 1.39. The van der Waals surface area contributed by atoms with E-state index in [4.69, 9.17) is 0 Å². The lowest BCUT2D eigenvalue weighted by Gasteiger charge is -2.15. The summed E-state index contributed by atoms with van der Waals surface area (Å²) in [6, 6.07) is 7.90. The van der Waals surface area contributed by atoms with E-state index < -0.39 is 0 Å². The fourth-order valence-electron chi connectivity index (χ4n) is 3.16. The molecule has 0 aliphatic carbocycles. The molecule has 0 spiro atoms. The van der Waals surface area contributed by atoms with Crippen molar-refractivity contribution in [1.29, 1.82) is 0 Å². The van der Waals surface area contributed by atoms with Crippen LogP contribution in [0.2, 0.25) is 0 Å². The summed E-state index contributed by atoms with van der Waals surface area (Å²) < 4.78 is 0. The van der Waals surface area contributed by atoms with E-state index in [1.54, 1.807) is 24.4 Å². The Balaban J connectivity index is 1.50. The molecule has 2 heterocycles. The molecule has 0 fully saturated rings. The zero-order chi connectivity index (χ0) is 21.7. The van der Waals surface area contributed by atoms with E-state index in [2.05, 4.69) is 15.6 Å². The lowest BCUT2D eigenvalue weighted by atomic mass is 10.1. The van der Waals surface area contributed by atoms with Crippen LogP contribution in [0.25, 0.3) is 0 Å². The normalized spacial score (nSPS) is 12.8. The maximum atomic E-state index is 12.5. The minimum Gasteiger partial charge on any atom is -0.352 e. The molecule has 0 atom stereocenters. The minimum atomic E-state index is -0.364. The van der Waals surface area contributed by atoms with Gasteiger partial charge in [0.05, 0.1) is 16.7 Å². The number of benzene rings is 1. The summed E-state index contributed by atoms with van der Waals surface area (Å²) in [7, 11) is 0. The van der Waals surface area contributed by atoms with Crippen molar-refractivity contribution >= 4 is 23.6 Å². The van der Waals surface area contributed by atoms with Crippen molar-refractivity contribution in [2.75, 3.05) is 19.6 Å². The van der Waals surface area contributed by atoms with Crippen LogP contribution in [0.3, 0.4) is 0 Å². The fourth-order valence-corrected chi connectivity index (χ4v) is 3.16. The number of nitrogens with one attached hydrogen (secondary N) is 2. The summed E-state index contributed by atoms with van der Waals surface area (Å²) >= 11 is 0. The maximum absolute atomic E-state index is 12.5. The molecule has 0 bridgehead atoms. The fraction of sp³-hybridized carbons (Fsp3) is 0.318. The van der Waals surface area contributed by atoms with E-state index in [1.165, 1.54) is 23.2 Å². The Labute approximate surface area is 174 Å². The van der Waals surface area contributed by atoms with Crippen LogP contribution in [0.15, 0.2) is 42.7 Å². The van der Waals surface area contributed by atoms with Crippen molar-refractivity contribution in [2.45, 2.75) is 20.3 Å². The number of carbonyl (C=O) groups excluding carboxylic acids is 4. The van der Waals surface area contributed by atoms with Gasteiger partial charge in [0.25, 0.3) is 23.6 Å². The van der Waals surface area contributed by atoms with Gasteiger partial charge in [-0.25, -0.2) is 0 Å². The first-order valence-corrected chi connectivity index (χ1v) is 9.85. The zero-order valence-electron chi connectivity index (χ0n) is 17.0. The molecular weight excluding hydrogens is 384 g/mol. The highest BCUT2D eigenvalue weighted by atomic mass is 16.2. The minimum absolute atomic E-state index is 0.161. The van der Waals surface area contributed by atoms with Gasteiger partial charge >= 0.3 is 0 Å². The van der Waals surface area contributed by atoms with Gasteiger partial charge in [0.1, 0.15) is 0 Å². The molecule has 1 aliphatic rings. The average molecular weight is 408 g/mol. The second-order valence-electron chi connectivity index (χ2n) is 7.48. The molecule has 1 aromatic carbocycles. The van der Waals surface area contributed by atoms with Crippen LogP contribution in [0.4, 0.5) is 0 Å². The van der Waals surface area contributed by atoms with Crippen molar-refractivity contribution in [3.05, 3.63) is 65.0 Å². The summed E-state index contributed by atoms with van der Waals surface area (Å²) in [4.78, 5) is 54.4. The third-order valence-electron chi connectivity index (χ3n) is 4.63. The van der Waals surface area contributed by atoms with Gasteiger partial charge < -0.3 is 10.6 Å². The molecule has 4 amide bonds. The lowest BCUT2D eigenvalue weighted by molar-refractivity contribution is 0.0635. The average Bonchev–Trinajstić information content (AvgIpc) is 2.97. The van der Waals surface area contributed by atoms with Crippen molar-refractivity contribution in [1.82, 2.24) is 20.5 Å². The Morgan fingerprint density at radius 1 is 0.967 bits per heavy atom. The van der Waals surface area contributed by atoms with Gasteiger partial charge in [0.2, 0.25) is 0 Å². The van der Waals surface area contributed by atoms with E-state index in [0.29, 0.717) is 42.7 Å². The number of rotatable bonds is 8. The predicted molar refractivity (Wildman–Crippen MR) is 110 cm³/mol. The second-order valence-corrected chi connectivity index (χ2v) is 7.48. The van der Waals surface area contributed by atoms with Crippen molar-refractivity contribution in [3.63, 3.8) is 0 Å². The first kappa shape index (κ1) is 21.2. The number of pyridine rings is 1. The standard InChI is InChI=1S/C22H24N4O4/c1-14(2)13-26-21(29)17-7-6-15(11-18(17)22(26)30)19(27)24-9-4-10-25-20(28)16-5-3-8-23-12-16/h3,5-8,11-12,14H,4,9-10,13H2,1-2H3,(H,24,27)(H,25,28). The molecule has 0 saturated carbocycles. The topological polar surface area (TPSA) is 108 Å². The quantitative estimate of drug-likeness (QED) is 0.512. The van der Waals surface area contributed by atoms with Crippen LogP contribution in [0.5, 0.6) is 0 Å².